The molecule has 30 heavy (non-hydrogen) atoms. The molecule has 4 amide bonds. The van der Waals surface area contributed by atoms with Crippen molar-refractivity contribution in [1.29, 1.82) is 0 Å². The Bertz CT molecular complexity index is 1170. The SMILES string of the molecule is Cc1ccc(N2C(=O)NC(=O)/C(=C/c3ccc(Sc4ccc(Cl)cc4)o3)C2=O)cc1. The van der Waals surface area contributed by atoms with Gasteiger partial charge in [-0.25, -0.2) is 9.69 Å². The molecule has 0 saturated carbocycles. The van der Waals surface area contributed by atoms with Gasteiger partial charge < -0.3 is 4.42 Å². The zero-order valence-electron chi connectivity index (χ0n) is 15.7. The van der Waals surface area contributed by atoms with E-state index in [2.05, 4.69) is 5.32 Å². The predicted molar refractivity (Wildman–Crippen MR) is 114 cm³/mol. The number of aryl methyl sites for hydroxylation is 1. The molecular formula is C22H15ClN2O4S. The first kappa shape index (κ1) is 20.0. The van der Waals surface area contributed by atoms with Gasteiger partial charge in [-0.2, -0.15) is 0 Å². The molecule has 1 fully saturated rings. The molecule has 1 aliphatic heterocycles. The molecule has 0 spiro atoms. The molecule has 2 heterocycles. The van der Waals surface area contributed by atoms with Crippen LogP contribution in [0.2, 0.25) is 5.02 Å². The fourth-order valence-corrected chi connectivity index (χ4v) is 3.72. The second-order valence-electron chi connectivity index (χ2n) is 6.51. The molecule has 0 bridgehead atoms. The molecule has 8 heteroatoms. The molecule has 0 radical (unpaired) electrons. The number of benzene rings is 2. The zero-order valence-corrected chi connectivity index (χ0v) is 17.3. The Hall–Kier alpha value is -3.29. The maximum Gasteiger partial charge on any atom is 0.335 e. The van der Waals surface area contributed by atoms with Gasteiger partial charge in [-0.15, -0.1) is 0 Å². The molecule has 6 nitrogen and oxygen atoms in total. The summed E-state index contributed by atoms with van der Waals surface area (Å²) in [6, 6.07) is 16.7. The summed E-state index contributed by atoms with van der Waals surface area (Å²) in [6.45, 7) is 1.90. The topological polar surface area (TPSA) is 79.6 Å². The van der Waals surface area contributed by atoms with E-state index in [1.807, 2.05) is 19.1 Å². The van der Waals surface area contributed by atoms with E-state index in [1.54, 1.807) is 48.5 Å². The molecule has 1 N–H and O–H groups in total. The first-order valence-electron chi connectivity index (χ1n) is 8.92. The summed E-state index contributed by atoms with van der Waals surface area (Å²) < 4.78 is 5.72. The summed E-state index contributed by atoms with van der Waals surface area (Å²) in [5.74, 6) is -1.16. The van der Waals surface area contributed by atoms with Crippen molar-refractivity contribution >= 4 is 53.0 Å². The van der Waals surface area contributed by atoms with Crippen LogP contribution in [0.3, 0.4) is 0 Å². The van der Waals surface area contributed by atoms with Crippen LogP contribution in [0, 0.1) is 6.92 Å². The second-order valence-corrected chi connectivity index (χ2v) is 8.02. The Kier molecular flexibility index (Phi) is 5.48. The number of carbonyl (C=O) groups is 3. The van der Waals surface area contributed by atoms with E-state index in [9.17, 15) is 14.4 Å². The summed E-state index contributed by atoms with van der Waals surface area (Å²) >= 11 is 7.27. The van der Waals surface area contributed by atoms with Crippen molar-refractivity contribution in [3.8, 4) is 0 Å². The van der Waals surface area contributed by atoms with Gasteiger partial charge in [-0.1, -0.05) is 41.1 Å². The lowest BCUT2D eigenvalue weighted by Crippen LogP contribution is -2.54. The largest absolute Gasteiger partial charge is 0.450 e. The average Bonchev–Trinajstić information content (AvgIpc) is 3.15. The number of anilines is 1. The third-order valence-corrected chi connectivity index (χ3v) is 5.50. The van der Waals surface area contributed by atoms with E-state index in [4.69, 9.17) is 16.0 Å². The minimum atomic E-state index is -0.788. The molecular weight excluding hydrogens is 424 g/mol. The third kappa shape index (κ3) is 4.17. The number of imide groups is 2. The van der Waals surface area contributed by atoms with E-state index < -0.39 is 17.8 Å². The number of amides is 4. The fourth-order valence-electron chi connectivity index (χ4n) is 2.81. The number of rotatable bonds is 4. The molecule has 0 aliphatic carbocycles. The second kappa shape index (κ2) is 8.22. The van der Waals surface area contributed by atoms with Crippen LogP contribution in [-0.4, -0.2) is 17.8 Å². The molecule has 1 saturated heterocycles. The van der Waals surface area contributed by atoms with Gasteiger partial charge in [-0.05, 0) is 61.5 Å². The Morgan fingerprint density at radius 2 is 1.67 bits per heavy atom. The number of nitrogens with zero attached hydrogens (tertiary/aromatic N) is 1. The highest BCUT2D eigenvalue weighted by Gasteiger charge is 2.37. The van der Waals surface area contributed by atoms with Crippen molar-refractivity contribution in [3.63, 3.8) is 0 Å². The smallest absolute Gasteiger partial charge is 0.335 e. The van der Waals surface area contributed by atoms with E-state index >= 15 is 0 Å². The minimum Gasteiger partial charge on any atom is -0.450 e. The number of urea groups is 1. The van der Waals surface area contributed by atoms with Crippen molar-refractivity contribution in [2.75, 3.05) is 4.90 Å². The van der Waals surface area contributed by atoms with E-state index in [0.717, 1.165) is 15.4 Å². The van der Waals surface area contributed by atoms with Crippen molar-refractivity contribution in [3.05, 3.63) is 82.6 Å². The van der Waals surface area contributed by atoms with Crippen LogP contribution >= 0.6 is 23.4 Å². The minimum absolute atomic E-state index is 0.187. The maximum absolute atomic E-state index is 12.9. The number of halogens is 1. The molecule has 3 aromatic rings. The summed E-state index contributed by atoms with van der Waals surface area (Å²) in [5.41, 5.74) is 1.17. The van der Waals surface area contributed by atoms with E-state index in [1.165, 1.54) is 17.8 Å². The van der Waals surface area contributed by atoms with Gasteiger partial charge in [0.25, 0.3) is 11.8 Å². The summed E-state index contributed by atoms with van der Waals surface area (Å²) in [4.78, 5) is 39.3. The van der Waals surface area contributed by atoms with Gasteiger partial charge in [0.05, 0.1) is 5.69 Å². The van der Waals surface area contributed by atoms with Gasteiger partial charge >= 0.3 is 6.03 Å². The highest BCUT2D eigenvalue weighted by Crippen LogP contribution is 2.31. The van der Waals surface area contributed by atoms with Gasteiger partial charge in [0.15, 0.2) is 5.09 Å². The molecule has 4 rings (SSSR count). The van der Waals surface area contributed by atoms with Crippen molar-refractivity contribution in [1.82, 2.24) is 5.32 Å². The van der Waals surface area contributed by atoms with Crippen LogP contribution in [0.5, 0.6) is 0 Å². The Labute approximate surface area is 181 Å². The van der Waals surface area contributed by atoms with Crippen LogP contribution in [-0.2, 0) is 9.59 Å². The van der Waals surface area contributed by atoms with Crippen molar-refractivity contribution in [2.24, 2.45) is 0 Å². The lowest BCUT2D eigenvalue weighted by atomic mass is 10.1. The van der Waals surface area contributed by atoms with Gasteiger partial charge in [0.2, 0.25) is 0 Å². The van der Waals surface area contributed by atoms with Crippen LogP contribution in [0.4, 0.5) is 10.5 Å². The number of hydrogen-bond acceptors (Lipinski definition) is 5. The van der Waals surface area contributed by atoms with Crippen LogP contribution < -0.4 is 10.2 Å². The first-order valence-corrected chi connectivity index (χ1v) is 10.1. The molecule has 1 aliphatic rings. The van der Waals surface area contributed by atoms with E-state index in [0.29, 0.717) is 21.6 Å². The third-order valence-electron chi connectivity index (χ3n) is 4.31. The Morgan fingerprint density at radius 1 is 0.967 bits per heavy atom. The van der Waals surface area contributed by atoms with Crippen LogP contribution in [0.1, 0.15) is 11.3 Å². The summed E-state index contributed by atoms with van der Waals surface area (Å²) in [6.07, 6.45) is 1.33. The highest BCUT2D eigenvalue weighted by molar-refractivity contribution is 7.99. The first-order chi connectivity index (χ1) is 14.4. The standard InChI is InChI=1S/C22H15ClN2O4S/c1-13-2-6-15(7-3-13)25-21(27)18(20(26)24-22(25)28)12-16-8-11-19(29-16)30-17-9-4-14(23)5-10-17/h2-12H,1H3,(H,24,26,28)/b18-12-. The quantitative estimate of drug-likeness (QED) is 0.455. The lowest BCUT2D eigenvalue weighted by molar-refractivity contribution is -0.122. The number of furan rings is 1. The monoisotopic (exact) mass is 438 g/mol. The molecule has 2 aromatic carbocycles. The molecule has 0 atom stereocenters. The fraction of sp³-hybridized carbons (Fsp3) is 0.0455. The number of barbiturate groups is 1. The zero-order chi connectivity index (χ0) is 21.3. The number of nitrogens with one attached hydrogen (secondary N) is 1. The number of hydrogen-bond donors (Lipinski definition) is 1. The van der Waals surface area contributed by atoms with Gasteiger partial charge in [-0.3, -0.25) is 14.9 Å². The number of carbonyl (C=O) groups excluding carboxylic acids is 3. The van der Waals surface area contributed by atoms with E-state index in [-0.39, 0.29) is 5.57 Å². The summed E-state index contributed by atoms with van der Waals surface area (Å²) in [7, 11) is 0. The van der Waals surface area contributed by atoms with Gasteiger partial charge in [0, 0.05) is 9.92 Å². The average molecular weight is 439 g/mol. The lowest BCUT2D eigenvalue weighted by Gasteiger charge is -2.26. The van der Waals surface area contributed by atoms with Crippen LogP contribution in [0.25, 0.3) is 6.08 Å². The predicted octanol–water partition coefficient (Wildman–Crippen LogP) is 5.06. The molecule has 0 unspecified atom stereocenters. The maximum atomic E-state index is 12.9. The molecule has 150 valence electrons. The molecule has 1 aromatic heterocycles. The summed E-state index contributed by atoms with van der Waals surface area (Å²) in [5, 5.41) is 3.42. The highest BCUT2D eigenvalue weighted by atomic mass is 35.5. The van der Waals surface area contributed by atoms with Crippen LogP contribution in [0.15, 0.2) is 80.6 Å². The Morgan fingerprint density at radius 3 is 2.37 bits per heavy atom. The van der Waals surface area contributed by atoms with Crippen molar-refractivity contribution < 1.29 is 18.8 Å². The Balaban J connectivity index is 1.59. The van der Waals surface area contributed by atoms with Crippen molar-refractivity contribution in [2.45, 2.75) is 16.9 Å². The van der Waals surface area contributed by atoms with Gasteiger partial charge in [0.1, 0.15) is 11.3 Å². The normalized spacial score (nSPS) is 15.6.